The quantitative estimate of drug-likeness (QED) is 0.143. The molecule has 0 spiro atoms. The third-order valence-electron chi connectivity index (χ3n) is 18.8. The standard InChI is InChI=1S/C45H75NO16/c1-18-7-8-26-19(2)30-27(46(26)16-18)14-25-23-13-29(48)45(56)15-22(9-12-44(45,6)24(23)10-11-43(25,30)5)59-42-39(62-41-36(54)34(52)32(50)21(4)58-41)37(55)38(28(17-47)60-42)61-40-35(53)33(51)31(49)20(3)57-40/h18-42,47-56H,7-17H2,1-6H3. The molecule has 5 heterocycles. The zero-order chi connectivity index (χ0) is 44.5. The number of hydrogen-bond acceptors (Lipinski definition) is 17. The van der Waals surface area contributed by atoms with Gasteiger partial charge < -0.3 is 79.5 Å². The number of rotatable bonds is 7. The highest BCUT2D eigenvalue weighted by atomic mass is 16.8. The summed E-state index contributed by atoms with van der Waals surface area (Å²) in [7, 11) is 0. The summed E-state index contributed by atoms with van der Waals surface area (Å²) in [6.45, 7) is 12.9. The average molecular weight is 886 g/mol. The molecule has 0 bridgehead atoms. The minimum Gasteiger partial charge on any atom is -0.394 e. The van der Waals surface area contributed by atoms with Gasteiger partial charge in [0.25, 0.3) is 0 Å². The number of aliphatic hydroxyl groups excluding tert-OH is 9. The zero-order valence-corrected chi connectivity index (χ0v) is 37.1. The minimum absolute atomic E-state index is 0.0581. The molecule has 0 radical (unpaired) electrons. The van der Waals surface area contributed by atoms with Crippen molar-refractivity contribution >= 4 is 0 Å². The minimum atomic E-state index is -1.77. The number of ether oxygens (including phenoxy) is 6. The summed E-state index contributed by atoms with van der Waals surface area (Å²) in [4.78, 5) is 2.86. The van der Waals surface area contributed by atoms with Crippen molar-refractivity contribution in [1.29, 1.82) is 0 Å². The van der Waals surface area contributed by atoms with Crippen molar-refractivity contribution < 1.29 is 79.5 Å². The lowest BCUT2D eigenvalue weighted by atomic mass is 9.42. The van der Waals surface area contributed by atoms with Crippen LogP contribution in [0.15, 0.2) is 0 Å². The number of hydrogen-bond donors (Lipinski definition) is 10. The van der Waals surface area contributed by atoms with E-state index in [1.807, 2.05) is 0 Å². The maximum Gasteiger partial charge on any atom is 0.187 e. The molecule has 4 aliphatic carbocycles. The van der Waals surface area contributed by atoms with Crippen LogP contribution in [-0.4, -0.2) is 191 Å². The van der Waals surface area contributed by atoms with Crippen LogP contribution in [0.1, 0.15) is 99.3 Å². The van der Waals surface area contributed by atoms with E-state index in [2.05, 4.69) is 32.6 Å². The summed E-state index contributed by atoms with van der Waals surface area (Å²) in [6.07, 6.45) is -16.8. The van der Waals surface area contributed by atoms with Crippen molar-refractivity contribution in [2.24, 2.45) is 46.3 Å². The Morgan fingerprint density at radius 2 is 1.26 bits per heavy atom. The van der Waals surface area contributed by atoms with Crippen LogP contribution in [-0.2, 0) is 28.4 Å². The molecule has 9 fully saturated rings. The molecule has 0 aromatic carbocycles. The Kier molecular flexibility index (Phi) is 12.6. The van der Waals surface area contributed by atoms with Gasteiger partial charge in [-0.3, -0.25) is 4.90 Å². The van der Waals surface area contributed by atoms with E-state index in [0.717, 1.165) is 19.3 Å². The fraction of sp³-hybridized carbons (Fsp3) is 1.00. The van der Waals surface area contributed by atoms with Gasteiger partial charge >= 0.3 is 0 Å². The molecule has 9 aliphatic rings. The van der Waals surface area contributed by atoms with Crippen LogP contribution in [0.25, 0.3) is 0 Å². The lowest BCUT2D eigenvalue weighted by Crippen LogP contribution is -2.69. The van der Waals surface area contributed by atoms with Crippen LogP contribution >= 0.6 is 0 Å². The Bertz CT molecular complexity index is 1600. The van der Waals surface area contributed by atoms with Crippen LogP contribution in [0.2, 0.25) is 0 Å². The van der Waals surface area contributed by atoms with Crippen molar-refractivity contribution in [1.82, 2.24) is 4.90 Å². The highest BCUT2D eigenvalue weighted by Gasteiger charge is 2.71. The molecule has 9 rings (SSSR count). The first-order valence-electron chi connectivity index (χ1n) is 23.7. The molecule has 62 heavy (non-hydrogen) atoms. The van der Waals surface area contributed by atoms with E-state index in [0.29, 0.717) is 55.0 Å². The van der Waals surface area contributed by atoms with E-state index in [1.54, 1.807) is 0 Å². The molecule has 17 heteroatoms. The third kappa shape index (κ3) is 7.12. The largest absolute Gasteiger partial charge is 0.394 e. The molecule has 28 unspecified atom stereocenters. The normalized spacial score (nSPS) is 60.3. The summed E-state index contributed by atoms with van der Waals surface area (Å²) in [5, 5.41) is 111. The van der Waals surface area contributed by atoms with Crippen molar-refractivity contribution in [2.75, 3.05) is 13.2 Å². The average Bonchev–Trinajstić information content (AvgIpc) is 3.70. The smallest absolute Gasteiger partial charge is 0.187 e. The van der Waals surface area contributed by atoms with Crippen LogP contribution in [0.3, 0.4) is 0 Å². The topological polar surface area (TPSA) is 261 Å². The Morgan fingerprint density at radius 1 is 0.629 bits per heavy atom. The van der Waals surface area contributed by atoms with Crippen LogP contribution < -0.4 is 0 Å². The van der Waals surface area contributed by atoms with E-state index >= 15 is 0 Å². The molecule has 28 atom stereocenters. The van der Waals surface area contributed by atoms with E-state index in [4.69, 9.17) is 28.4 Å². The first-order valence-corrected chi connectivity index (χ1v) is 23.7. The fourth-order valence-electron chi connectivity index (χ4n) is 15.3. The Balaban J connectivity index is 0.941. The van der Waals surface area contributed by atoms with Gasteiger partial charge in [0.1, 0.15) is 61.0 Å². The zero-order valence-electron chi connectivity index (χ0n) is 37.1. The molecule has 0 aromatic rings. The third-order valence-corrected chi connectivity index (χ3v) is 18.8. The fourth-order valence-corrected chi connectivity index (χ4v) is 15.3. The lowest BCUT2D eigenvalue weighted by molar-refractivity contribution is -0.391. The summed E-state index contributed by atoms with van der Waals surface area (Å²) in [5.41, 5.74) is -1.94. The highest BCUT2D eigenvalue weighted by molar-refractivity contribution is 5.21. The summed E-state index contributed by atoms with van der Waals surface area (Å²) < 4.78 is 36.4. The van der Waals surface area contributed by atoms with Crippen molar-refractivity contribution in [3.05, 3.63) is 0 Å². The second-order valence-corrected chi connectivity index (χ2v) is 21.9. The highest BCUT2D eigenvalue weighted by Crippen LogP contribution is 2.71. The van der Waals surface area contributed by atoms with Gasteiger partial charge in [0.15, 0.2) is 18.9 Å². The van der Waals surface area contributed by atoms with Gasteiger partial charge in [-0.2, -0.15) is 0 Å². The van der Waals surface area contributed by atoms with Crippen LogP contribution in [0.5, 0.6) is 0 Å². The SMILES string of the molecule is CC1CCC2C(C)C3C(CC4C5CC(O)C6(O)CC(OC7OC(CO)C(OC8OC(C)C(O)C(O)C8O)C(O)C7OC7OC(C)C(O)C(O)C7O)CCC6(C)C5CCC43C)N2C1. The summed E-state index contributed by atoms with van der Waals surface area (Å²) >= 11 is 0. The van der Waals surface area contributed by atoms with E-state index in [9.17, 15) is 51.1 Å². The monoisotopic (exact) mass is 886 g/mol. The van der Waals surface area contributed by atoms with Crippen molar-refractivity contribution in [2.45, 2.75) is 221 Å². The molecule has 4 saturated carbocycles. The van der Waals surface area contributed by atoms with Crippen LogP contribution in [0.4, 0.5) is 0 Å². The predicted octanol–water partition coefficient (Wildman–Crippen LogP) is -0.652. The van der Waals surface area contributed by atoms with Gasteiger partial charge in [-0.1, -0.05) is 27.7 Å². The maximum atomic E-state index is 12.9. The number of nitrogens with zero attached hydrogens (tertiary/aromatic N) is 1. The molecule has 5 aliphatic heterocycles. The first-order chi connectivity index (χ1) is 29.2. The number of aliphatic hydroxyl groups is 10. The number of fused-ring (bicyclic) bond motifs is 9. The first kappa shape index (κ1) is 46.4. The Morgan fingerprint density at radius 3 is 1.89 bits per heavy atom. The molecule has 5 saturated heterocycles. The Labute approximate surface area is 364 Å². The van der Waals surface area contributed by atoms with E-state index in [-0.39, 0.29) is 23.7 Å². The van der Waals surface area contributed by atoms with Gasteiger partial charge in [-0.05, 0) is 106 Å². The lowest BCUT2D eigenvalue weighted by Gasteiger charge is -2.65. The van der Waals surface area contributed by atoms with E-state index < -0.39 is 122 Å². The van der Waals surface area contributed by atoms with Crippen LogP contribution in [0, 0.1) is 46.3 Å². The summed E-state index contributed by atoms with van der Waals surface area (Å²) in [5.74, 6) is 2.91. The Hall–Kier alpha value is -0.680. The molecule has 0 aromatic heterocycles. The molecule has 0 amide bonds. The van der Waals surface area contributed by atoms with Gasteiger partial charge in [0.2, 0.25) is 0 Å². The molecule has 356 valence electrons. The van der Waals surface area contributed by atoms with Gasteiger partial charge in [0, 0.05) is 30.5 Å². The predicted molar refractivity (Wildman–Crippen MR) is 216 cm³/mol. The van der Waals surface area contributed by atoms with Gasteiger partial charge in [0.05, 0.1) is 36.6 Å². The molecule has 17 nitrogen and oxygen atoms in total. The second kappa shape index (κ2) is 16.8. The van der Waals surface area contributed by atoms with Gasteiger partial charge in [-0.15, -0.1) is 0 Å². The van der Waals surface area contributed by atoms with Crippen molar-refractivity contribution in [3.8, 4) is 0 Å². The van der Waals surface area contributed by atoms with Crippen molar-refractivity contribution in [3.63, 3.8) is 0 Å². The number of piperidine rings is 1. The molecular formula is C45H75NO16. The molecule has 10 N–H and O–H groups in total. The second-order valence-electron chi connectivity index (χ2n) is 21.9. The van der Waals surface area contributed by atoms with E-state index in [1.165, 1.54) is 33.2 Å². The summed E-state index contributed by atoms with van der Waals surface area (Å²) in [6, 6.07) is 1.22. The molecular weight excluding hydrogens is 810 g/mol. The maximum absolute atomic E-state index is 12.9. The van der Waals surface area contributed by atoms with Gasteiger partial charge in [-0.25, -0.2) is 0 Å².